The van der Waals surface area contributed by atoms with Crippen LogP contribution in [0.2, 0.25) is 0 Å². The third-order valence-electron chi connectivity index (χ3n) is 4.95. The van der Waals surface area contributed by atoms with Gasteiger partial charge in [-0.2, -0.15) is 5.48 Å². The molecule has 0 aliphatic rings. The molecule has 0 spiro atoms. The molecule has 0 saturated heterocycles. The van der Waals surface area contributed by atoms with Gasteiger partial charge in [-0.1, -0.05) is 24.3 Å². The molecule has 0 aliphatic carbocycles. The number of hydroxylamine groups is 1. The zero-order chi connectivity index (χ0) is 22.3. The zero-order valence-electron chi connectivity index (χ0n) is 17.8. The van der Waals surface area contributed by atoms with Gasteiger partial charge in [-0.25, -0.2) is 4.98 Å². The number of ether oxygens (including phenoxy) is 1. The Morgan fingerprint density at radius 1 is 0.969 bits per heavy atom. The number of carbonyl (C=O) groups excluding carboxylic acids is 1. The molecule has 0 fully saturated rings. The largest absolute Gasteiger partial charge is 0.481 e. The Morgan fingerprint density at radius 3 is 2.50 bits per heavy atom. The van der Waals surface area contributed by atoms with Crippen molar-refractivity contribution in [1.82, 2.24) is 20.4 Å². The van der Waals surface area contributed by atoms with E-state index in [4.69, 9.17) is 9.57 Å². The summed E-state index contributed by atoms with van der Waals surface area (Å²) in [6.07, 6.45) is 7.48. The average Bonchev–Trinajstić information content (AvgIpc) is 2.85. The van der Waals surface area contributed by atoms with Gasteiger partial charge in [0.25, 0.3) is 5.91 Å². The van der Waals surface area contributed by atoms with E-state index >= 15 is 0 Å². The van der Waals surface area contributed by atoms with Gasteiger partial charge in [-0.05, 0) is 36.8 Å². The van der Waals surface area contributed by atoms with E-state index in [1.165, 1.54) is 0 Å². The number of pyridine rings is 3. The van der Waals surface area contributed by atoms with Crippen LogP contribution < -0.4 is 15.1 Å². The highest BCUT2D eigenvalue weighted by Gasteiger charge is 2.17. The number of hydrogen-bond acceptors (Lipinski definition) is 6. The van der Waals surface area contributed by atoms with Gasteiger partial charge in [0, 0.05) is 59.5 Å². The van der Waals surface area contributed by atoms with Crippen LogP contribution in [0.3, 0.4) is 0 Å². The second-order valence-electron chi connectivity index (χ2n) is 7.11. The van der Waals surface area contributed by atoms with Crippen LogP contribution in [0.25, 0.3) is 11.3 Å². The molecule has 3 aromatic heterocycles. The summed E-state index contributed by atoms with van der Waals surface area (Å²) in [4.78, 5) is 31.5. The molecule has 1 aromatic carbocycles. The van der Waals surface area contributed by atoms with Crippen molar-refractivity contribution in [2.45, 2.75) is 13.3 Å². The third-order valence-corrected chi connectivity index (χ3v) is 4.95. The van der Waals surface area contributed by atoms with Gasteiger partial charge in [0.15, 0.2) is 5.75 Å². The highest BCUT2D eigenvalue weighted by atomic mass is 16.7. The fourth-order valence-electron chi connectivity index (χ4n) is 3.31. The maximum absolute atomic E-state index is 12.5. The van der Waals surface area contributed by atoms with Gasteiger partial charge in [-0.3, -0.25) is 14.8 Å². The van der Waals surface area contributed by atoms with E-state index in [0.29, 0.717) is 23.6 Å². The van der Waals surface area contributed by atoms with Gasteiger partial charge in [0.2, 0.25) is 5.88 Å². The summed E-state index contributed by atoms with van der Waals surface area (Å²) in [5.74, 6) is 0.752. The van der Waals surface area contributed by atoms with Crippen LogP contribution in [0.1, 0.15) is 27.0 Å². The highest BCUT2D eigenvalue weighted by molar-refractivity contribution is 5.93. The summed E-state index contributed by atoms with van der Waals surface area (Å²) in [5.41, 5.74) is 7.24. The molecule has 4 aromatic rings. The molecule has 3 heterocycles. The standard InChI is InChI=1S/C25H22N4O3/c1-17-23(20-9-6-12-26-15-20)28-16-21(13-18-10-11-22(31-2)27-14-18)24(17)32-29-25(30)19-7-4-3-5-8-19/h3-12,14-16H,13H2,1-2H3,(H,29,30). The average molecular weight is 426 g/mol. The summed E-state index contributed by atoms with van der Waals surface area (Å²) in [6.45, 7) is 1.91. The third kappa shape index (κ3) is 4.73. The fourth-order valence-corrected chi connectivity index (χ4v) is 3.31. The zero-order valence-corrected chi connectivity index (χ0v) is 17.8. The number of hydrogen-bond donors (Lipinski definition) is 1. The Balaban J connectivity index is 1.66. The van der Waals surface area contributed by atoms with E-state index in [2.05, 4.69) is 20.4 Å². The molecule has 0 saturated carbocycles. The minimum absolute atomic E-state index is 0.332. The first-order valence-corrected chi connectivity index (χ1v) is 10.1. The monoisotopic (exact) mass is 426 g/mol. The maximum atomic E-state index is 12.5. The fraction of sp³-hybridized carbons (Fsp3) is 0.120. The number of aromatic nitrogens is 3. The van der Waals surface area contributed by atoms with Crippen molar-refractivity contribution < 1.29 is 14.4 Å². The van der Waals surface area contributed by atoms with Gasteiger partial charge < -0.3 is 9.57 Å². The number of nitrogens with zero attached hydrogens (tertiary/aromatic N) is 3. The molecular formula is C25H22N4O3. The van der Waals surface area contributed by atoms with E-state index in [0.717, 1.165) is 27.9 Å². The Labute approximate surface area is 186 Å². The lowest BCUT2D eigenvalue weighted by atomic mass is 10.0. The molecule has 0 unspecified atom stereocenters. The smallest absolute Gasteiger partial charge is 0.283 e. The summed E-state index contributed by atoms with van der Waals surface area (Å²) in [6, 6.07) is 16.4. The second-order valence-corrected chi connectivity index (χ2v) is 7.11. The van der Waals surface area contributed by atoms with E-state index in [1.807, 2.05) is 31.2 Å². The first kappa shape index (κ1) is 21.0. The van der Waals surface area contributed by atoms with E-state index < -0.39 is 0 Å². The number of methoxy groups -OCH3 is 1. The predicted octanol–water partition coefficient (Wildman–Crippen LogP) is 4.17. The number of nitrogens with one attached hydrogen (secondary N) is 1. The summed E-state index contributed by atoms with van der Waals surface area (Å²) in [7, 11) is 1.58. The first-order chi connectivity index (χ1) is 15.7. The first-order valence-electron chi connectivity index (χ1n) is 10.1. The summed E-state index contributed by atoms with van der Waals surface area (Å²) < 4.78 is 5.13. The predicted molar refractivity (Wildman–Crippen MR) is 120 cm³/mol. The number of amides is 1. The van der Waals surface area contributed by atoms with Gasteiger partial charge in [-0.15, -0.1) is 0 Å². The normalized spacial score (nSPS) is 10.4. The van der Waals surface area contributed by atoms with E-state index in [-0.39, 0.29) is 5.91 Å². The second kappa shape index (κ2) is 9.70. The lowest BCUT2D eigenvalue weighted by Crippen LogP contribution is -2.28. The molecule has 0 atom stereocenters. The minimum atomic E-state index is -0.332. The molecule has 0 aliphatic heterocycles. The van der Waals surface area contributed by atoms with Crippen molar-refractivity contribution in [2.75, 3.05) is 7.11 Å². The van der Waals surface area contributed by atoms with Crippen LogP contribution in [0, 0.1) is 6.92 Å². The molecular weight excluding hydrogens is 404 g/mol. The molecule has 1 amide bonds. The maximum Gasteiger partial charge on any atom is 0.283 e. The van der Waals surface area contributed by atoms with E-state index in [9.17, 15) is 4.79 Å². The Bertz CT molecular complexity index is 1200. The number of rotatable bonds is 7. The summed E-state index contributed by atoms with van der Waals surface area (Å²) >= 11 is 0. The molecule has 32 heavy (non-hydrogen) atoms. The van der Waals surface area contributed by atoms with Crippen molar-refractivity contribution in [3.63, 3.8) is 0 Å². The lowest BCUT2D eigenvalue weighted by Gasteiger charge is -2.16. The Morgan fingerprint density at radius 2 is 1.81 bits per heavy atom. The molecule has 0 bridgehead atoms. The molecule has 7 heteroatoms. The quantitative estimate of drug-likeness (QED) is 0.447. The van der Waals surface area contributed by atoms with Crippen molar-refractivity contribution in [3.05, 3.63) is 102 Å². The molecule has 1 N–H and O–H groups in total. The van der Waals surface area contributed by atoms with Crippen molar-refractivity contribution in [2.24, 2.45) is 0 Å². The van der Waals surface area contributed by atoms with Crippen molar-refractivity contribution >= 4 is 5.91 Å². The molecule has 0 radical (unpaired) electrons. The van der Waals surface area contributed by atoms with Crippen molar-refractivity contribution in [3.8, 4) is 22.9 Å². The van der Waals surface area contributed by atoms with Crippen molar-refractivity contribution in [1.29, 1.82) is 0 Å². The molecule has 4 rings (SSSR count). The van der Waals surface area contributed by atoms with Gasteiger partial charge >= 0.3 is 0 Å². The van der Waals surface area contributed by atoms with Crippen LogP contribution in [0.5, 0.6) is 11.6 Å². The van der Waals surface area contributed by atoms with E-state index in [1.54, 1.807) is 62.2 Å². The topological polar surface area (TPSA) is 86.2 Å². The van der Waals surface area contributed by atoms with Gasteiger partial charge in [0.05, 0.1) is 12.8 Å². The summed E-state index contributed by atoms with van der Waals surface area (Å²) in [5, 5.41) is 0. The molecule has 7 nitrogen and oxygen atoms in total. The van der Waals surface area contributed by atoms with Crippen LogP contribution in [0.4, 0.5) is 0 Å². The van der Waals surface area contributed by atoms with Crippen LogP contribution in [-0.4, -0.2) is 28.0 Å². The van der Waals surface area contributed by atoms with Gasteiger partial charge in [0.1, 0.15) is 0 Å². The van der Waals surface area contributed by atoms with Crippen LogP contribution in [0.15, 0.2) is 79.4 Å². The Kier molecular flexibility index (Phi) is 6.36. The minimum Gasteiger partial charge on any atom is -0.481 e. The highest BCUT2D eigenvalue weighted by Crippen LogP contribution is 2.32. The Hall–Kier alpha value is -4.26. The van der Waals surface area contributed by atoms with Crippen LogP contribution >= 0.6 is 0 Å². The number of benzene rings is 1. The molecule has 160 valence electrons. The van der Waals surface area contributed by atoms with Crippen LogP contribution in [-0.2, 0) is 6.42 Å². The SMILES string of the molecule is COc1ccc(Cc2cnc(-c3cccnc3)c(C)c2ONC(=O)c2ccccc2)cn1. The number of carbonyl (C=O) groups is 1. The lowest BCUT2D eigenvalue weighted by molar-refractivity contribution is 0.0757.